The van der Waals surface area contributed by atoms with Crippen molar-refractivity contribution in [1.82, 2.24) is 5.32 Å². The molecule has 25 heavy (non-hydrogen) atoms. The maximum absolute atomic E-state index is 12.6. The number of rotatable bonds is 11. The molecule has 0 aliphatic carbocycles. The van der Waals surface area contributed by atoms with Crippen LogP contribution in [0.4, 0.5) is 0 Å². The van der Waals surface area contributed by atoms with E-state index in [1.54, 1.807) is 6.08 Å². The number of hydrogen-bond donors (Lipinski definition) is 2. The molecule has 2 atom stereocenters. The van der Waals surface area contributed by atoms with Crippen LogP contribution in [0.1, 0.15) is 12.5 Å². The van der Waals surface area contributed by atoms with Gasteiger partial charge in [-0.25, -0.2) is 4.79 Å². The molecule has 1 aromatic carbocycles. The van der Waals surface area contributed by atoms with Gasteiger partial charge >= 0.3 is 5.97 Å². The SMILES string of the molecule is C=CCSC[C@H](NC(=O)[C@H](CSC(C)=O)Cc1ccccc1)C(=O)O. The minimum atomic E-state index is -1.07. The minimum Gasteiger partial charge on any atom is -0.480 e. The highest BCUT2D eigenvalue weighted by Crippen LogP contribution is 2.16. The first-order chi connectivity index (χ1) is 11.9. The predicted molar refractivity (Wildman–Crippen MR) is 104 cm³/mol. The van der Waals surface area contributed by atoms with Crippen molar-refractivity contribution in [2.45, 2.75) is 19.4 Å². The molecule has 1 rings (SSSR count). The third kappa shape index (κ3) is 8.79. The molecule has 5 nitrogen and oxygen atoms in total. The van der Waals surface area contributed by atoms with Crippen molar-refractivity contribution in [2.24, 2.45) is 5.92 Å². The molecule has 0 saturated heterocycles. The Morgan fingerprint density at radius 2 is 1.92 bits per heavy atom. The van der Waals surface area contributed by atoms with Gasteiger partial charge in [0.15, 0.2) is 5.12 Å². The fraction of sp³-hybridized carbons (Fsp3) is 0.389. The first-order valence-electron chi connectivity index (χ1n) is 7.83. The molecular formula is C18H23NO4S2. The zero-order valence-electron chi connectivity index (χ0n) is 14.1. The molecule has 0 heterocycles. The lowest BCUT2D eigenvalue weighted by Crippen LogP contribution is -2.46. The van der Waals surface area contributed by atoms with Crippen LogP contribution in [0.2, 0.25) is 0 Å². The quantitative estimate of drug-likeness (QED) is 0.453. The van der Waals surface area contributed by atoms with Gasteiger partial charge in [0.1, 0.15) is 6.04 Å². The van der Waals surface area contributed by atoms with E-state index >= 15 is 0 Å². The van der Waals surface area contributed by atoms with E-state index in [-0.39, 0.29) is 16.8 Å². The monoisotopic (exact) mass is 381 g/mol. The highest BCUT2D eigenvalue weighted by Gasteiger charge is 2.26. The van der Waals surface area contributed by atoms with E-state index in [9.17, 15) is 19.5 Å². The molecule has 2 N–H and O–H groups in total. The highest BCUT2D eigenvalue weighted by atomic mass is 32.2. The second-order valence-corrected chi connectivity index (χ2v) is 7.69. The van der Waals surface area contributed by atoms with Crippen LogP contribution in [0, 0.1) is 5.92 Å². The van der Waals surface area contributed by atoms with Crippen LogP contribution in [-0.2, 0) is 20.8 Å². The summed E-state index contributed by atoms with van der Waals surface area (Å²) in [5, 5.41) is 11.8. The van der Waals surface area contributed by atoms with Gasteiger partial charge < -0.3 is 10.4 Å². The van der Waals surface area contributed by atoms with Gasteiger partial charge in [-0.3, -0.25) is 9.59 Å². The molecule has 0 spiro atoms. The number of hydrogen-bond acceptors (Lipinski definition) is 5. The standard InChI is InChI=1S/C18H23NO4S2/c1-3-9-24-12-16(18(22)23)19-17(21)15(11-25-13(2)20)10-14-7-5-4-6-8-14/h3-8,15-16H,1,9-12H2,2H3,(H,19,21)(H,22,23)/t15-,16-/m0/s1. The summed E-state index contributed by atoms with van der Waals surface area (Å²) in [6.07, 6.45) is 2.15. The number of carbonyl (C=O) groups excluding carboxylic acids is 2. The van der Waals surface area contributed by atoms with Crippen molar-refractivity contribution in [2.75, 3.05) is 17.3 Å². The Balaban J connectivity index is 2.76. The Morgan fingerprint density at radius 3 is 2.48 bits per heavy atom. The van der Waals surface area contributed by atoms with Crippen LogP contribution in [0.3, 0.4) is 0 Å². The van der Waals surface area contributed by atoms with E-state index in [1.807, 2.05) is 30.3 Å². The average Bonchev–Trinajstić information content (AvgIpc) is 2.58. The van der Waals surface area contributed by atoms with Crippen LogP contribution < -0.4 is 5.32 Å². The Labute approximate surface area is 156 Å². The van der Waals surface area contributed by atoms with Gasteiger partial charge in [0.25, 0.3) is 0 Å². The Kier molecular flexibility index (Phi) is 10.0. The number of amides is 1. The summed E-state index contributed by atoms with van der Waals surface area (Å²) < 4.78 is 0. The van der Waals surface area contributed by atoms with Gasteiger partial charge in [-0.2, -0.15) is 11.8 Å². The molecule has 0 fully saturated rings. The number of benzene rings is 1. The summed E-state index contributed by atoms with van der Waals surface area (Å²) in [4.78, 5) is 35.2. The van der Waals surface area contributed by atoms with Crippen LogP contribution in [0.25, 0.3) is 0 Å². The molecule has 136 valence electrons. The number of thioether (sulfide) groups is 2. The molecule has 1 aromatic rings. The predicted octanol–water partition coefficient (Wildman–Crippen LogP) is 2.61. The number of nitrogens with one attached hydrogen (secondary N) is 1. The van der Waals surface area contributed by atoms with E-state index in [4.69, 9.17) is 0 Å². The lowest BCUT2D eigenvalue weighted by Gasteiger charge is -2.20. The van der Waals surface area contributed by atoms with E-state index < -0.39 is 17.9 Å². The lowest BCUT2D eigenvalue weighted by molar-refractivity contribution is -0.141. The normalized spacial score (nSPS) is 12.8. The van der Waals surface area contributed by atoms with Gasteiger partial charge in [0.05, 0.1) is 5.92 Å². The third-order valence-electron chi connectivity index (χ3n) is 3.32. The third-order valence-corrected chi connectivity index (χ3v) is 5.33. The maximum atomic E-state index is 12.6. The van der Waals surface area contributed by atoms with Crippen molar-refractivity contribution >= 4 is 40.5 Å². The van der Waals surface area contributed by atoms with Gasteiger partial charge in [-0.15, -0.1) is 6.58 Å². The first kappa shape index (κ1) is 21.3. The van der Waals surface area contributed by atoms with Gasteiger partial charge in [0, 0.05) is 24.2 Å². The fourth-order valence-electron chi connectivity index (χ4n) is 2.08. The molecular weight excluding hydrogens is 358 g/mol. The second-order valence-electron chi connectivity index (χ2n) is 5.41. The molecule has 0 saturated carbocycles. The lowest BCUT2D eigenvalue weighted by atomic mass is 10.00. The summed E-state index contributed by atoms with van der Waals surface area (Å²) in [5.41, 5.74) is 0.972. The maximum Gasteiger partial charge on any atom is 0.327 e. The van der Waals surface area contributed by atoms with Gasteiger partial charge in [-0.05, 0) is 12.0 Å². The fourth-order valence-corrected chi connectivity index (χ4v) is 3.55. The first-order valence-corrected chi connectivity index (χ1v) is 9.97. The Hall–Kier alpha value is -1.73. The molecule has 7 heteroatoms. The van der Waals surface area contributed by atoms with Crippen LogP contribution in [0.5, 0.6) is 0 Å². The topological polar surface area (TPSA) is 83.5 Å². The molecule has 0 unspecified atom stereocenters. The number of carboxylic acid groups (broad SMARTS) is 1. The molecule has 0 aromatic heterocycles. The van der Waals surface area contributed by atoms with E-state index in [0.717, 1.165) is 17.3 Å². The van der Waals surface area contributed by atoms with Crippen molar-refractivity contribution in [3.63, 3.8) is 0 Å². The van der Waals surface area contributed by atoms with Crippen LogP contribution >= 0.6 is 23.5 Å². The average molecular weight is 382 g/mol. The second kappa shape index (κ2) is 11.8. The van der Waals surface area contributed by atoms with E-state index in [0.29, 0.717) is 17.9 Å². The number of carbonyl (C=O) groups is 3. The molecule has 0 aliphatic rings. The molecule has 0 bridgehead atoms. The summed E-state index contributed by atoms with van der Waals surface area (Å²) in [5.74, 6) is -0.671. The number of aliphatic carboxylic acids is 1. The zero-order valence-corrected chi connectivity index (χ0v) is 15.8. The van der Waals surface area contributed by atoms with Gasteiger partial charge in [-0.1, -0.05) is 48.2 Å². The summed E-state index contributed by atoms with van der Waals surface area (Å²) in [6.45, 7) is 5.04. The Bertz CT molecular complexity index is 592. The largest absolute Gasteiger partial charge is 0.480 e. The van der Waals surface area contributed by atoms with E-state index in [2.05, 4.69) is 11.9 Å². The van der Waals surface area contributed by atoms with Gasteiger partial charge in [0.2, 0.25) is 5.91 Å². The molecule has 0 radical (unpaired) electrons. The van der Waals surface area contributed by atoms with Crippen molar-refractivity contribution in [3.05, 3.63) is 48.6 Å². The van der Waals surface area contributed by atoms with E-state index in [1.165, 1.54) is 18.7 Å². The van der Waals surface area contributed by atoms with Crippen molar-refractivity contribution in [1.29, 1.82) is 0 Å². The summed E-state index contributed by atoms with van der Waals surface area (Å²) in [6, 6.07) is 8.52. The van der Waals surface area contributed by atoms with Crippen molar-refractivity contribution < 1.29 is 19.5 Å². The van der Waals surface area contributed by atoms with Crippen molar-refractivity contribution in [3.8, 4) is 0 Å². The van der Waals surface area contributed by atoms with Crippen LogP contribution in [0.15, 0.2) is 43.0 Å². The number of carboxylic acids is 1. The highest BCUT2D eigenvalue weighted by molar-refractivity contribution is 8.13. The zero-order chi connectivity index (χ0) is 18.7. The minimum absolute atomic E-state index is 0.0674. The van der Waals surface area contributed by atoms with Crippen LogP contribution in [-0.4, -0.2) is 45.4 Å². The molecule has 1 amide bonds. The smallest absolute Gasteiger partial charge is 0.327 e. The molecule has 0 aliphatic heterocycles. The summed E-state index contributed by atoms with van der Waals surface area (Å²) in [7, 11) is 0. The Morgan fingerprint density at radius 1 is 1.24 bits per heavy atom. The summed E-state index contributed by atoms with van der Waals surface area (Å²) >= 11 is 2.47.